The van der Waals surface area contributed by atoms with Crippen LogP contribution in [-0.2, 0) is 20.0 Å². The number of hydroxylamine groups is 2. The number of hydrogen-bond donors (Lipinski definition) is 0. The molecule has 0 bridgehead atoms. The van der Waals surface area contributed by atoms with Crippen molar-refractivity contribution in [1.82, 2.24) is 5.06 Å². The van der Waals surface area contributed by atoms with Crippen LogP contribution in [0.15, 0.2) is 24.3 Å². The number of aryl methyl sites for hydroxylation is 1. The van der Waals surface area contributed by atoms with E-state index in [0.717, 1.165) is 29.0 Å². The summed E-state index contributed by atoms with van der Waals surface area (Å²) in [6.07, 6.45) is -3.18. The van der Waals surface area contributed by atoms with Gasteiger partial charge in [0.1, 0.15) is 5.60 Å². The second-order valence-corrected chi connectivity index (χ2v) is 5.69. The average molecular weight is 331 g/mol. The highest BCUT2D eigenvalue weighted by Gasteiger charge is 2.51. The molecule has 7 heteroatoms. The van der Waals surface area contributed by atoms with E-state index in [1.807, 2.05) is 38.1 Å². The van der Waals surface area contributed by atoms with Crippen molar-refractivity contribution >= 4 is 5.97 Å². The molecule has 0 amide bonds. The normalized spacial score (nSPS) is 17.6. The Kier molecular flexibility index (Phi) is 5.31. The van der Waals surface area contributed by atoms with Crippen LogP contribution in [0, 0.1) is 6.92 Å². The quantitative estimate of drug-likeness (QED) is 0.750. The van der Waals surface area contributed by atoms with E-state index in [1.165, 1.54) is 0 Å². The largest absolute Gasteiger partial charge is 0.492 e. The fourth-order valence-corrected chi connectivity index (χ4v) is 2.59. The molecule has 128 valence electrons. The van der Waals surface area contributed by atoms with Crippen LogP contribution >= 0.6 is 0 Å². The Morgan fingerprint density at radius 3 is 2.52 bits per heavy atom. The SMILES string of the molecule is CCCCOC1(c2ccccc2C)CN(OC(=O)C(F)(F)F)C1. The minimum absolute atomic E-state index is 0.0867. The van der Waals surface area contributed by atoms with Crippen LogP contribution in [0.2, 0.25) is 0 Å². The van der Waals surface area contributed by atoms with Crippen molar-refractivity contribution in [2.24, 2.45) is 0 Å². The van der Waals surface area contributed by atoms with Crippen molar-refractivity contribution in [3.8, 4) is 0 Å². The predicted molar refractivity (Wildman–Crippen MR) is 77.4 cm³/mol. The molecular formula is C16H20F3NO3. The summed E-state index contributed by atoms with van der Waals surface area (Å²) < 4.78 is 42.8. The molecule has 1 aromatic carbocycles. The zero-order valence-electron chi connectivity index (χ0n) is 13.2. The van der Waals surface area contributed by atoms with Crippen LogP contribution in [0.25, 0.3) is 0 Å². The zero-order chi connectivity index (χ0) is 17.1. The van der Waals surface area contributed by atoms with Gasteiger partial charge in [-0.3, -0.25) is 0 Å². The number of nitrogens with zero attached hydrogens (tertiary/aromatic N) is 1. The maximum absolute atomic E-state index is 12.3. The van der Waals surface area contributed by atoms with Gasteiger partial charge in [0.2, 0.25) is 0 Å². The molecule has 0 atom stereocenters. The number of alkyl halides is 3. The first-order valence-electron chi connectivity index (χ1n) is 7.52. The lowest BCUT2D eigenvalue weighted by Crippen LogP contribution is -2.61. The molecule has 1 fully saturated rings. The van der Waals surface area contributed by atoms with E-state index in [-0.39, 0.29) is 13.1 Å². The molecule has 1 saturated heterocycles. The summed E-state index contributed by atoms with van der Waals surface area (Å²) in [7, 11) is 0. The van der Waals surface area contributed by atoms with Gasteiger partial charge >= 0.3 is 12.1 Å². The topological polar surface area (TPSA) is 38.8 Å². The highest BCUT2D eigenvalue weighted by atomic mass is 19.4. The monoisotopic (exact) mass is 331 g/mol. The van der Waals surface area contributed by atoms with E-state index >= 15 is 0 Å². The lowest BCUT2D eigenvalue weighted by molar-refractivity contribution is -0.296. The summed E-state index contributed by atoms with van der Waals surface area (Å²) in [5.74, 6) is -2.20. The molecule has 0 saturated carbocycles. The van der Waals surface area contributed by atoms with Gasteiger partial charge in [0, 0.05) is 6.61 Å². The second kappa shape index (κ2) is 6.88. The molecule has 1 aromatic rings. The number of unbranched alkanes of at least 4 members (excludes halogenated alkanes) is 1. The summed E-state index contributed by atoms with van der Waals surface area (Å²) in [4.78, 5) is 15.3. The molecule has 0 unspecified atom stereocenters. The summed E-state index contributed by atoms with van der Waals surface area (Å²) in [5.41, 5.74) is 1.17. The number of halogens is 3. The second-order valence-electron chi connectivity index (χ2n) is 5.69. The molecular weight excluding hydrogens is 311 g/mol. The first-order chi connectivity index (χ1) is 10.8. The third-order valence-corrected chi connectivity index (χ3v) is 3.82. The Morgan fingerprint density at radius 2 is 1.96 bits per heavy atom. The molecule has 2 rings (SSSR count). The van der Waals surface area contributed by atoms with Gasteiger partial charge in [-0.05, 0) is 24.5 Å². The summed E-state index contributed by atoms with van der Waals surface area (Å²) in [6, 6.07) is 7.56. The Bertz CT molecular complexity index is 554. The van der Waals surface area contributed by atoms with Gasteiger partial charge in [-0.25, -0.2) is 4.79 Å². The lowest BCUT2D eigenvalue weighted by Gasteiger charge is -2.48. The summed E-state index contributed by atoms with van der Waals surface area (Å²) >= 11 is 0. The lowest BCUT2D eigenvalue weighted by atomic mass is 9.84. The van der Waals surface area contributed by atoms with E-state index in [1.54, 1.807) is 0 Å². The minimum atomic E-state index is -5.00. The Hall–Kier alpha value is -1.60. The van der Waals surface area contributed by atoms with Gasteiger partial charge in [0.15, 0.2) is 0 Å². The van der Waals surface area contributed by atoms with E-state index in [0.29, 0.717) is 6.61 Å². The maximum atomic E-state index is 12.3. The molecule has 1 aliphatic heterocycles. The fourth-order valence-electron chi connectivity index (χ4n) is 2.59. The Balaban J connectivity index is 2.08. The standard InChI is InChI=1S/C16H20F3NO3/c1-3-4-9-22-15(13-8-6-5-7-12(13)2)10-20(11-15)23-14(21)16(17,18)19/h5-8H,3-4,9-11H2,1-2H3. The number of carbonyl (C=O) groups excluding carboxylic acids is 1. The van der Waals surface area contributed by atoms with Crippen molar-refractivity contribution in [1.29, 1.82) is 0 Å². The highest BCUT2D eigenvalue weighted by Crippen LogP contribution is 2.38. The third kappa shape index (κ3) is 4.03. The molecule has 1 heterocycles. The van der Waals surface area contributed by atoms with Crippen LogP contribution in [-0.4, -0.2) is 36.9 Å². The van der Waals surface area contributed by atoms with Crippen LogP contribution in [0.4, 0.5) is 13.2 Å². The molecule has 0 aliphatic carbocycles. The van der Waals surface area contributed by atoms with E-state index in [2.05, 4.69) is 4.84 Å². The summed E-state index contributed by atoms with van der Waals surface area (Å²) in [6.45, 7) is 4.63. The maximum Gasteiger partial charge on any atom is 0.492 e. The van der Waals surface area contributed by atoms with Gasteiger partial charge < -0.3 is 9.57 Å². The van der Waals surface area contributed by atoms with Crippen LogP contribution in [0.1, 0.15) is 30.9 Å². The Morgan fingerprint density at radius 1 is 1.30 bits per heavy atom. The molecule has 0 radical (unpaired) electrons. The van der Waals surface area contributed by atoms with Crippen molar-refractivity contribution in [3.63, 3.8) is 0 Å². The zero-order valence-corrected chi connectivity index (χ0v) is 13.2. The smallest absolute Gasteiger partial charge is 0.367 e. The molecule has 4 nitrogen and oxygen atoms in total. The molecule has 0 aromatic heterocycles. The number of rotatable bonds is 6. The number of hydrogen-bond acceptors (Lipinski definition) is 4. The minimum Gasteiger partial charge on any atom is -0.367 e. The van der Waals surface area contributed by atoms with Crippen molar-refractivity contribution in [2.45, 2.75) is 38.5 Å². The molecule has 1 aliphatic rings. The van der Waals surface area contributed by atoms with Crippen molar-refractivity contribution in [3.05, 3.63) is 35.4 Å². The van der Waals surface area contributed by atoms with Gasteiger partial charge in [-0.1, -0.05) is 37.6 Å². The van der Waals surface area contributed by atoms with Gasteiger partial charge in [-0.15, -0.1) is 5.06 Å². The highest BCUT2D eigenvalue weighted by molar-refractivity contribution is 5.75. The molecule has 0 N–H and O–H groups in total. The first kappa shape index (κ1) is 17.7. The van der Waals surface area contributed by atoms with Gasteiger partial charge in [-0.2, -0.15) is 13.2 Å². The van der Waals surface area contributed by atoms with E-state index in [9.17, 15) is 18.0 Å². The number of ether oxygens (including phenoxy) is 1. The van der Waals surface area contributed by atoms with Crippen molar-refractivity contribution in [2.75, 3.05) is 19.7 Å². The van der Waals surface area contributed by atoms with Crippen LogP contribution < -0.4 is 0 Å². The van der Waals surface area contributed by atoms with E-state index < -0.39 is 17.7 Å². The first-order valence-corrected chi connectivity index (χ1v) is 7.52. The van der Waals surface area contributed by atoms with Crippen LogP contribution in [0.5, 0.6) is 0 Å². The summed E-state index contributed by atoms with van der Waals surface area (Å²) in [5, 5.41) is 0.994. The Labute approximate surface area is 133 Å². The predicted octanol–water partition coefficient (Wildman–Crippen LogP) is 3.34. The fraction of sp³-hybridized carbons (Fsp3) is 0.562. The number of carbonyl (C=O) groups is 1. The van der Waals surface area contributed by atoms with Gasteiger partial charge in [0.25, 0.3) is 0 Å². The van der Waals surface area contributed by atoms with Crippen LogP contribution in [0.3, 0.4) is 0 Å². The third-order valence-electron chi connectivity index (χ3n) is 3.82. The average Bonchev–Trinajstić information content (AvgIpc) is 2.44. The molecule has 0 spiro atoms. The van der Waals surface area contributed by atoms with Gasteiger partial charge in [0.05, 0.1) is 13.1 Å². The molecule has 23 heavy (non-hydrogen) atoms. The number of benzene rings is 1. The van der Waals surface area contributed by atoms with Crippen molar-refractivity contribution < 1.29 is 27.5 Å². The van der Waals surface area contributed by atoms with E-state index in [4.69, 9.17) is 4.74 Å².